The summed E-state index contributed by atoms with van der Waals surface area (Å²) >= 11 is 0. The first-order valence-corrected chi connectivity index (χ1v) is 37.5. The Kier molecular flexibility index (Phi) is 14.5. The molecule has 0 fully saturated rings. The Morgan fingerprint density at radius 1 is 0.276 bits per heavy atom. The summed E-state index contributed by atoms with van der Waals surface area (Å²) in [5.41, 5.74) is 37.2. The van der Waals surface area contributed by atoms with Crippen LogP contribution in [0.5, 0.6) is 11.5 Å². The number of benzene rings is 14. The zero-order valence-electron chi connectivity index (χ0n) is 61.8. The van der Waals surface area contributed by atoms with Crippen LogP contribution in [0.1, 0.15) is 104 Å². The molecule has 6 heteroatoms. The third-order valence-corrected chi connectivity index (χ3v) is 23.3. The number of fused-ring (bicyclic) bond motifs is 11. The summed E-state index contributed by atoms with van der Waals surface area (Å²) in [6, 6.07) is 115. The van der Waals surface area contributed by atoms with Gasteiger partial charge < -0.3 is 19.4 Å². The topological polar surface area (TPSA) is 19.0 Å². The Balaban J connectivity index is 0.951. The quantitative estimate of drug-likeness (QED) is 0.141. The predicted molar refractivity (Wildman–Crippen MR) is 447 cm³/mol. The molecule has 4 aliphatic heterocycles. The van der Waals surface area contributed by atoms with E-state index in [-0.39, 0.29) is 35.1 Å². The third-order valence-electron chi connectivity index (χ3n) is 23.3. The molecule has 1 aliphatic carbocycles. The normalized spacial score (nSPS) is 14.1. The minimum Gasteiger partial charge on any atom is -0.458 e. The smallest absolute Gasteiger partial charge is 0.256 e. The van der Waals surface area contributed by atoms with Gasteiger partial charge in [-0.1, -0.05) is 301 Å². The van der Waals surface area contributed by atoms with E-state index in [2.05, 4.69) is 394 Å². The Hall–Kier alpha value is -11.6. The van der Waals surface area contributed by atoms with Gasteiger partial charge in [0.2, 0.25) is 0 Å². The third kappa shape index (κ3) is 10.1. The van der Waals surface area contributed by atoms with Gasteiger partial charge in [-0.25, -0.2) is 0 Å². The van der Waals surface area contributed by atoms with Crippen LogP contribution in [0.3, 0.4) is 0 Å². The minimum atomic E-state index is -0.300. The van der Waals surface area contributed by atoms with Crippen molar-refractivity contribution in [2.45, 2.75) is 97.8 Å². The van der Waals surface area contributed by atoms with E-state index in [1.54, 1.807) is 0 Å². The van der Waals surface area contributed by atoms with E-state index in [0.29, 0.717) is 0 Å². The van der Waals surface area contributed by atoms with Crippen molar-refractivity contribution in [1.29, 1.82) is 0 Å². The summed E-state index contributed by atoms with van der Waals surface area (Å²) in [5.74, 6) is 1.70. The SMILES string of the molecule is CC(C)(C)c1cc(-c2ccccc2)c(N2c3ccccc3B3c4cc5c(cc4Oc4cc(-c6cccc7c6C(C)(C)c6ccccc6-7)cc2c43)N(c2c(-c3ccccc3)cc(C(C)(C)C)cc2-c2ccccc2)c2cc(C(C)(C)C)cc3c2B5c2ccccc2N3c2ccccc2)c(-c2ccccc2)c1. The number of anilines is 9. The lowest BCUT2D eigenvalue weighted by Gasteiger charge is -2.47. The second-order valence-corrected chi connectivity index (χ2v) is 33.2. The van der Waals surface area contributed by atoms with Crippen molar-refractivity contribution >= 4 is 97.4 Å². The molecule has 0 atom stereocenters. The molecule has 0 saturated carbocycles. The van der Waals surface area contributed by atoms with Crippen molar-refractivity contribution in [2.24, 2.45) is 0 Å². The highest BCUT2D eigenvalue weighted by atomic mass is 16.5. The largest absolute Gasteiger partial charge is 0.458 e. The number of hydrogen-bond acceptors (Lipinski definition) is 4. The van der Waals surface area contributed by atoms with Crippen LogP contribution < -0.4 is 52.2 Å². The maximum Gasteiger partial charge on any atom is 0.256 e. The van der Waals surface area contributed by atoms with E-state index in [4.69, 9.17) is 4.74 Å². The summed E-state index contributed by atoms with van der Waals surface area (Å²) in [6.07, 6.45) is 0. The van der Waals surface area contributed by atoms with Crippen LogP contribution in [-0.2, 0) is 21.7 Å². The summed E-state index contributed by atoms with van der Waals surface area (Å²) < 4.78 is 8.21. The molecule has 14 aromatic carbocycles. The van der Waals surface area contributed by atoms with Crippen LogP contribution in [0.2, 0.25) is 0 Å². The second kappa shape index (κ2) is 23.7. The molecule has 4 heterocycles. The molecule has 0 unspecified atom stereocenters. The van der Waals surface area contributed by atoms with Gasteiger partial charge >= 0.3 is 0 Å². The van der Waals surface area contributed by atoms with Gasteiger partial charge in [0.1, 0.15) is 11.5 Å². The van der Waals surface area contributed by atoms with E-state index in [9.17, 15) is 0 Å². The zero-order valence-corrected chi connectivity index (χ0v) is 61.8. The fourth-order valence-electron chi connectivity index (χ4n) is 18.1. The van der Waals surface area contributed by atoms with Crippen molar-refractivity contribution in [1.82, 2.24) is 0 Å². The van der Waals surface area contributed by atoms with Crippen LogP contribution in [-0.4, -0.2) is 13.4 Å². The molecule has 0 radical (unpaired) electrons. The highest BCUT2D eigenvalue weighted by Gasteiger charge is 2.50. The number of rotatable bonds is 8. The molecule has 0 N–H and O–H groups in total. The Bertz CT molecular complexity index is 5740. The van der Waals surface area contributed by atoms with E-state index < -0.39 is 0 Å². The standard InChI is InChI=1S/C99H83B2N3O/c1-96(2,3)67-54-74(62-34-17-12-18-35-62)94(75(55-67)63-36-19-13-20-37-63)103-84-51-32-30-49-80(84)101-82-60-81-85(61-89(82)105-90-53-66(52-86(103)93(90)101)71-45-33-46-73-72-44-27-28-47-78(72)99(10,11)91(71)73)104(95-76(64-38-21-14-22-39-64)56-68(97(4,5)6)57-77(95)65-40-23-15-24-41-65)88-59-69(98(7,8)9)58-87-92(88)100(81)79-48-29-31-50-83(79)102(87)70-42-25-16-26-43-70/h12-61H,1-11H3. The van der Waals surface area contributed by atoms with Gasteiger partial charge in [-0.3, -0.25) is 0 Å². The summed E-state index contributed by atoms with van der Waals surface area (Å²) in [6.45, 7) is 25.6. The lowest BCUT2D eigenvalue weighted by atomic mass is 9.30. The van der Waals surface area contributed by atoms with Crippen molar-refractivity contribution in [2.75, 3.05) is 14.7 Å². The summed E-state index contributed by atoms with van der Waals surface area (Å²) in [5, 5.41) is 0. The van der Waals surface area contributed by atoms with Crippen LogP contribution in [0, 0.1) is 0 Å². The number of nitrogens with zero attached hydrogens (tertiary/aromatic N) is 3. The Labute approximate surface area is 620 Å². The van der Waals surface area contributed by atoms with Gasteiger partial charge in [-0.15, -0.1) is 0 Å². The van der Waals surface area contributed by atoms with Crippen molar-refractivity contribution in [3.63, 3.8) is 0 Å². The highest BCUT2D eigenvalue weighted by Crippen LogP contribution is 2.58. The number of ether oxygens (including phenoxy) is 1. The van der Waals surface area contributed by atoms with Crippen LogP contribution >= 0.6 is 0 Å². The molecule has 506 valence electrons. The van der Waals surface area contributed by atoms with Gasteiger partial charge in [-0.05, 0) is 194 Å². The maximum absolute atomic E-state index is 8.21. The molecule has 0 bridgehead atoms. The highest BCUT2D eigenvalue weighted by molar-refractivity contribution is 7.02. The molecule has 105 heavy (non-hydrogen) atoms. The first kappa shape index (κ1) is 64.3. The molecule has 0 aromatic heterocycles. The fourth-order valence-corrected chi connectivity index (χ4v) is 18.1. The molecule has 5 aliphatic rings. The fraction of sp³-hybridized carbons (Fsp3) is 0.152. The Morgan fingerprint density at radius 2 is 0.676 bits per heavy atom. The van der Waals surface area contributed by atoms with E-state index in [1.165, 1.54) is 88.9 Å². The van der Waals surface area contributed by atoms with Crippen molar-refractivity contribution < 1.29 is 4.74 Å². The molecule has 0 spiro atoms. The van der Waals surface area contributed by atoms with Gasteiger partial charge in [0.05, 0.1) is 11.4 Å². The first-order valence-electron chi connectivity index (χ1n) is 37.5. The van der Waals surface area contributed by atoms with E-state index in [0.717, 1.165) is 101 Å². The molecule has 0 saturated heterocycles. The molecule has 4 nitrogen and oxygen atoms in total. The van der Waals surface area contributed by atoms with Gasteiger partial charge in [0, 0.05) is 73.5 Å². The molecule has 14 aromatic rings. The Morgan fingerprint density at radius 3 is 1.19 bits per heavy atom. The summed E-state index contributed by atoms with van der Waals surface area (Å²) in [7, 11) is 0. The van der Waals surface area contributed by atoms with Gasteiger partial charge in [0.25, 0.3) is 13.4 Å². The minimum absolute atomic E-state index is 0.170. The van der Waals surface area contributed by atoms with Crippen molar-refractivity contribution in [3.05, 3.63) is 331 Å². The molecule has 19 rings (SSSR count). The molecular weight excluding hydrogens is 1270 g/mol. The molecular formula is C99H83B2N3O. The average molecular weight is 1350 g/mol. The predicted octanol–water partition coefficient (Wildman–Crippen LogP) is 22.7. The monoisotopic (exact) mass is 1350 g/mol. The molecule has 0 amide bonds. The number of hydrogen-bond donors (Lipinski definition) is 0. The average Bonchev–Trinajstić information content (AvgIpc) is 1.16. The summed E-state index contributed by atoms with van der Waals surface area (Å²) in [4.78, 5) is 7.89. The zero-order chi connectivity index (χ0) is 71.6. The number of para-hydroxylation sites is 3. The van der Waals surface area contributed by atoms with Crippen molar-refractivity contribution in [3.8, 4) is 78.3 Å². The first-order chi connectivity index (χ1) is 50.8. The maximum atomic E-state index is 8.21. The van der Waals surface area contributed by atoms with Crippen LogP contribution in [0.25, 0.3) is 66.8 Å². The van der Waals surface area contributed by atoms with E-state index in [1.807, 2.05) is 0 Å². The van der Waals surface area contributed by atoms with Crippen LogP contribution in [0.15, 0.2) is 303 Å². The lowest BCUT2D eigenvalue weighted by Crippen LogP contribution is -2.64. The van der Waals surface area contributed by atoms with Crippen LogP contribution in [0.4, 0.5) is 51.2 Å². The van der Waals surface area contributed by atoms with E-state index >= 15 is 0 Å². The second-order valence-electron chi connectivity index (χ2n) is 33.2. The van der Waals surface area contributed by atoms with Gasteiger partial charge in [-0.2, -0.15) is 0 Å². The lowest BCUT2D eigenvalue weighted by molar-refractivity contribution is 0.488. The van der Waals surface area contributed by atoms with Gasteiger partial charge in [0.15, 0.2) is 0 Å².